The number of rotatable bonds is 6. The number of carbonyl (C=O) groups excluding carboxylic acids is 1. The minimum Gasteiger partial charge on any atom is -0.442 e. The van der Waals surface area contributed by atoms with Crippen molar-refractivity contribution in [2.75, 3.05) is 26.0 Å². The number of carbonyl (C=O) groups is 1. The molecule has 0 spiro atoms. The maximum atomic E-state index is 12.9. The summed E-state index contributed by atoms with van der Waals surface area (Å²) >= 11 is 0. The number of nitrogens with one attached hydrogen (secondary N) is 1. The molecule has 0 bridgehead atoms. The molecule has 8 nitrogen and oxygen atoms in total. The number of amides is 1. The Morgan fingerprint density at radius 1 is 1.32 bits per heavy atom. The van der Waals surface area contributed by atoms with Crippen molar-refractivity contribution in [1.82, 2.24) is 14.5 Å². The summed E-state index contributed by atoms with van der Waals surface area (Å²) in [4.78, 5) is 32.0. The number of benzene rings is 1. The summed E-state index contributed by atoms with van der Waals surface area (Å²) in [5.74, 6) is -0.123. The van der Waals surface area contributed by atoms with Crippen LogP contribution in [0.5, 0.6) is 0 Å². The fraction of sp³-hybridized carbons (Fsp3) is 0.300. The molecule has 0 unspecified atom stereocenters. The highest BCUT2D eigenvalue weighted by molar-refractivity contribution is 6.12. The van der Waals surface area contributed by atoms with E-state index in [1.54, 1.807) is 31.2 Å². The molecule has 8 heteroatoms. The van der Waals surface area contributed by atoms with Crippen LogP contribution in [-0.4, -0.2) is 41.0 Å². The zero-order valence-electron chi connectivity index (χ0n) is 16.0. The van der Waals surface area contributed by atoms with Gasteiger partial charge in [0.2, 0.25) is 5.71 Å². The van der Waals surface area contributed by atoms with E-state index in [2.05, 4.69) is 10.3 Å². The van der Waals surface area contributed by atoms with Gasteiger partial charge in [-0.2, -0.15) is 5.26 Å². The minimum absolute atomic E-state index is 0.149. The molecule has 1 N–H and O–H groups in total. The van der Waals surface area contributed by atoms with Crippen LogP contribution in [0.2, 0.25) is 0 Å². The monoisotopic (exact) mass is 379 g/mol. The first kappa shape index (κ1) is 19.3. The van der Waals surface area contributed by atoms with Crippen LogP contribution in [0.3, 0.4) is 0 Å². The molecule has 0 fully saturated rings. The lowest BCUT2D eigenvalue weighted by molar-refractivity contribution is 0.102. The fourth-order valence-corrected chi connectivity index (χ4v) is 2.95. The summed E-state index contributed by atoms with van der Waals surface area (Å²) in [6.45, 7) is 2.97. The molecule has 1 aromatic carbocycles. The summed E-state index contributed by atoms with van der Waals surface area (Å²) in [6, 6.07) is 8.50. The van der Waals surface area contributed by atoms with Crippen LogP contribution in [-0.2, 0) is 6.54 Å². The highest BCUT2D eigenvalue weighted by Gasteiger charge is 2.23. The van der Waals surface area contributed by atoms with E-state index >= 15 is 0 Å². The van der Waals surface area contributed by atoms with E-state index in [0.717, 1.165) is 13.0 Å². The molecule has 0 radical (unpaired) electrons. The molecule has 0 saturated heterocycles. The lowest BCUT2D eigenvalue weighted by Gasteiger charge is -2.10. The number of aryl methyl sites for hydroxylation is 2. The maximum Gasteiger partial charge on any atom is 0.265 e. The van der Waals surface area contributed by atoms with Crippen molar-refractivity contribution >= 4 is 22.7 Å². The summed E-state index contributed by atoms with van der Waals surface area (Å²) < 4.78 is 7.04. The van der Waals surface area contributed by atoms with Crippen LogP contribution in [0.1, 0.15) is 28.1 Å². The van der Waals surface area contributed by atoms with Crippen molar-refractivity contribution in [2.45, 2.75) is 19.9 Å². The molecular formula is C20H21N5O3. The van der Waals surface area contributed by atoms with E-state index in [1.165, 1.54) is 10.9 Å². The highest BCUT2D eigenvalue weighted by Crippen LogP contribution is 2.22. The van der Waals surface area contributed by atoms with E-state index in [4.69, 9.17) is 9.68 Å². The molecule has 0 aliphatic heterocycles. The van der Waals surface area contributed by atoms with Crippen LogP contribution in [0.4, 0.5) is 5.69 Å². The molecular weight excluding hydrogens is 358 g/mol. The quantitative estimate of drug-likeness (QED) is 0.705. The standard InChI is InChI=1S/C20H21N5O3/c1-13-16(18(26)23-15-7-5-14(11-21)6-8-15)17-19(28-13)22-12-25(20(17)27)10-4-9-24(2)3/h5-8,12H,4,9-10H2,1-3H3,(H,23,26). The largest absolute Gasteiger partial charge is 0.442 e. The first-order chi connectivity index (χ1) is 13.4. The molecule has 0 aliphatic carbocycles. The number of anilines is 1. The van der Waals surface area contributed by atoms with E-state index in [9.17, 15) is 9.59 Å². The average molecular weight is 379 g/mol. The Kier molecular flexibility index (Phi) is 5.57. The highest BCUT2D eigenvalue weighted by atomic mass is 16.3. The number of hydrogen-bond donors (Lipinski definition) is 1. The van der Waals surface area contributed by atoms with Crippen molar-refractivity contribution in [2.24, 2.45) is 0 Å². The molecule has 28 heavy (non-hydrogen) atoms. The summed E-state index contributed by atoms with van der Waals surface area (Å²) in [5.41, 5.74) is 1.04. The van der Waals surface area contributed by atoms with Crippen molar-refractivity contribution < 1.29 is 9.21 Å². The van der Waals surface area contributed by atoms with Gasteiger partial charge in [-0.1, -0.05) is 0 Å². The smallest absolute Gasteiger partial charge is 0.265 e. The van der Waals surface area contributed by atoms with E-state index < -0.39 is 5.91 Å². The van der Waals surface area contributed by atoms with Gasteiger partial charge in [0, 0.05) is 12.2 Å². The van der Waals surface area contributed by atoms with Crippen molar-refractivity contribution in [3.63, 3.8) is 0 Å². The number of furan rings is 1. The van der Waals surface area contributed by atoms with Gasteiger partial charge >= 0.3 is 0 Å². The molecule has 0 atom stereocenters. The lowest BCUT2D eigenvalue weighted by Crippen LogP contribution is -2.24. The average Bonchev–Trinajstić information content (AvgIpc) is 3.01. The van der Waals surface area contributed by atoms with Gasteiger partial charge in [0.05, 0.1) is 17.2 Å². The third kappa shape index (κ3) is 3.94. The topological polar surface area (TPSA) is 104 Å². The molecule has 3 aromatic rings. The Bertz CT molecular complexity index is 1100. The molecule has 2 heterocycles. The van der Waals surface area contributed by atoms with Crippen LogP contribution in [0.25, 0.3) is 11.1 Å². The Hall–Kier alpha value is -3.44. The Morgan fingerprint density at radius 3 is 2.68 bits per heavy atom. The van der Waals surface area contributed by atoms with Crippen molar-refractivity contribution in [1.29, 1.82) is 5.26 Å². The van der Waals surface area contributed by atoms with Gasteiger partial charge in [0.1, 0.15) is 17.5 Å². The second-order valence-corrected chi connectivity index (χ2v) is 6.76. The van der Waals surface area contributed by atoms with Gasteiger partial charge in [0.25, 0.3) is 11.5 Å². The van der Waals surface area contributed by atoms with E-state index in [1.807, 2.05) is 25.1 Å². The summed E-state index contributed by atoms with van der Waals surface area (Å²) in [6.07, 6.45) is 2.23. The minimum atomic E-state index is -0.453. The number of nitrogens with zero attached hydrogens (tertiary/aromatic N) is 4. The van der Waals surface area contributed by atoms with Crippen LogP contribution < -0.4 is 10.9 Å². The summed E-state index contributed by atoms with van der Waals surface area (Å²) in [7, 11) is 3.94. The Balaban J connectivity index is 1.93. The van der Waals surface area contributed by atoms with Gasteiger partial charge in [-0.05, 0) is 58.3 Å². The van der Waals surface area contributed by atoms with Crippen molar-refractivity contribution in [3.05, 3.63) is 57.8 Å². The number of hydrogen-bond acceptors (Lipinski definition) is 6. The van der Waals surface area contributed by atoms with E-state index in [0.29, 0.717) is 23.6 Å². The van der Waals surface area contributed by atoms with Crippen molar-refractivity contribution in [3.8, 4) is 6.07 Å². The normalized spacial score (nSPS) is 11.0. The third-order valence-electron chi connectivity index (χ3n) is 4.36. The number of aromatic nitrogens is 2. The molecule has 2 aromatic heterocycles. The number of fused-ring (bicyclic) bond motifs is 1. The molecule has 0 saturated carbocycles. The van der Waals surface area contributed by atoms with Gasteiger partial charge in [-0.3, -0.25) is 14.2 Å². The van der Waals surface area contributed by atoms with Gasteiger partial charge in [0.15, 0.2) is 0 Å². The molecule has 144 valence electrons. The first-order valence-corrected chi connectivity index (χ1v) is 8.85. The predicted molar refractivity (Wildman–Crippen MR) is 105 cm³/mol. The third-order valence-corrected chi connectivity index (χ3v) is 4.36. The van der Waals surface area contributed by atoms with Crippen LogP contribution >= 0.6 is 0 Å². The summed E-state index contributed by atoms with van der Waals surface area (Å²) in [5, 5.41) is 11.8. The van der Waals surface area contributed by atoms with Crippen LogP contribution in [0, 0.1) is 18.3 Å². The second-order valence-electron chi connectivity index (χ2n) is 6.76. The Labute approximate surface area is 162 Å². The predicted octanol–water partition coefficient (Wildman–Crippen LogP) is 2.37. The molecule has 1 amide bonds. The van der Waals surface area contributed by atoms with Gasteiger partial charge < -0.3 is 14.6 Å². The zero-order chi connectivity index (χ0) is 20.3. The second kappa shape index (κ2) is 8.06. The van der Waals surface area contributed by atoms with E-state index in [-0.39, 0.29) is 22.2 Å². The SMILES string of the molecule is Cc1oc2ncn(CCCN(C)C)c(=O)c2c1C(=O)Nc1ccc(C#N)cc1. The first-order valence-electron chi connectivity index (χ1n) is 8.85. The van der Waals surface area contributed by atoms with Gasteiger partial charge in [-0.15, -0.1) is 0 Å². The van der Waals surface area contributed by atoms with Gasteiger partial charge in [-0.25, -0.2) is 4.98 Å². The number of nitriles is 1. The molecule has 0 aliphatic rings. The maximum absolute atomic E-state index is 12.9. The van der Waals surface area contributed by atoms with Crippen LogP contribution in [0.15, 0.2) is 39.8 Å². The fourth-order valence-electron chi connectivity index (χ4n) is 2.95. The lowest BCUT2D eigenvalue weighted by atomic mass is 10.1. The Morgan fingerprint density at radius 2 is 2.04 bits per heavy atom. The molecule has 3 rings (SSSR count). The zero-order valence-corrected chi connectivity index (χ0v) is 16.0.